The zero-order valence-corrected chi connectivity index (χ0v) is 8.65. The lowest BCUT2D eigenvalue weighted by Crippen LogP contribution is -2.55. The Morgan fingerprint density at radius 3 is 2.33 bits per heavy atom. The summed E-state index contributed by atoms with van der Waals surface area (Å²) in [5.41, 5.74) is 0.766. The van der Waals surface area contributed by atoms with Gasteiger partial charge in [0.15, 0.2) is 0 Å². The van der Waals surface area contributed by atoms with Crippen LogP contribution in [0.2, 0.25) is 0 Å². The zero-order valence-electron chi connectivity index (χ0n) is 8.65. The molecule has 70 valence electrons. The van der Waals surface area contributed by atoms with Crippen molar-refractivity contribution in [3.8, 4) is 0 Å². The van der Waals surface area contributed by atoms with Crippen molar-refractivity contribution in [1.29, 1.82) is 0 Å². The molecule has 2 fully saturated rings. The van der Waals surface area contributed by atoms with Gasteiger partial charge in [0.05, 0.1) is 0 Å². The van der Waals surface area contributed by atoms with E-state index in [0.29, 0.717) is 11.1 Å². The van der Waals surface area contributed by atoms with Gasteiger partial charge in [0, 0.05) is 30.2 Å². The minimum atomic E-state index is 0.352. The molecule has 0 aliphatic carbocycles. The summed E-state index contributed by atoms with van der Waals surface area (Å²) < 4.78 is 0. The number of nitrogens with one attached hydrogen (secondary N) is 1. The van der Waals surface area contributed by atoms with E-state index in [4.69, 9.17) is 0 Å². The zero-order chi connectivity index (χ0) is 8.98. The largest absolute Gasteiger partial charge is 0.309 e. The maximum absolute atomic E-state index is 3.59. The van der Waals surface area contributed by atoms with E-state index in [2.05, 4.69) is 37.9 Å². The Labute approximate surface area is 75.3 Å². The van der Waals surface area contributed by atoms with Crippen molar-refractivity contribution in [2.24, 2.45) is 0 Å². The van der Waals surface area contributed by atoms with E-state index >= 15 is 0 Å². The fraction of sp³-hybridized carbons (Fsp3) is 1.00. The molecule has 2 bridgehead atoms. The van der Waals surface area contributed by atoms with Crippen LogP contribution in [0, 0.1) is 0 Å². The number of nitrogens with zero attached hydrogens (tertiary/aromatic N) is 1. The van der Waals surface area contributed by atoms with E-state index in [1.807, 2.05) is 0 Å². The smallest absolute Gasteiger partial charge is 0.0296 e. The van der Waals surface area contributed by atoms with Gasteiger partial charge in [-0.15, -0.1) is 0 Å². The molecule has 12 heavy (non-hydrogen) atoms. The number of likely N-dealkylation sites (tertiary alicyclic amines) is 1. The van der Waals surface area contributed by atoms with Crippen molar-refractivity contribution < 1.29 is 0 Å². The normalized spacial score (nSPS) is 42.5. The predicted octanol–water partition coefficient (Wildman–Crippen LogP) is 1.22. The summed E-state index contributed by atoms with van der Waals surface area (Å²) >= 11 is 0. The number of rotatable bonds is 0. The fourth-order valence-corrected chi connectivity index (χ4v) is 2.66. The number of hydrogen-bond acceptors (Lipinski definition) is 2. The molecule has 0 amide bonds. The SMILES string of the molecule is CC(C)(C)N1C[C@]2(C)C[C@H]1CN2. The lowest BCUT2D eigenvalue weighted by Gasteiger charge is -2.40. The van der Waals surface area contributed by atoms with Gasteiger partial charge in [-0.05, 0) is 34.1 Å². The molecule has 2 heteroatoms. The van der Waals surface area contributed by atoms with E-state index in [-0.39, 0.29) is 0 Å². The second kappa shape index (κ2) is 2.24. The third kappa shape index (κ3) is 1.17. The highest BCUT2D eigenvalue weighted by molar-refractivity contribution is 5.09. The fourth-order valence-electron chi connectivity index (χ4n) is 2.66. The first-order valence-corrected chi connectivity index (χ1v) is 4.93. The van der Waals surface area contributed by atoms with Crippen LogP contribution in [-0.4, -0.2) is 35.1 Å². The summed E-state index contributed by atoms with van der Waals surface area (Å²) in [4.78, 5) is 2.64. The van der Waals surface area contributed by atoms with Crippen molar-refractivity contribution in [3.63, 3.8) is 0 Å². The van der Waals surface area contributed by atoms with Crippen molar-refractivity contribution in [2.75, 3.05) is 13.1 Å². The van der Waals surface area contributed by atoms with E-state index in [1.165, 1.54) is 19.5 Å². The third-order valence-corrected chi connectivity index (χ3v) is 3.27. The molecular weight excluding hydrogens is 148 g/mol. The first kappa shape index (κ1) is 8.52. The van der Waals surface area contributed by atoms with Crippen LogP contribution in [0.5, 0.6) is 0 Å². The monoisotopic (exact) mass is 168 g/mol. The molecule has 0 saturated carbocycles. The topological polar surface area (TPSA) is 15.3 Å². The number of piperazine rings is 1. The Bertz CT molecular complexity index is 195. The first-order chi connectivity index (χ1) is 5.41. The van der Waals surface area contributed by atoms with Gasteiger partial charge in [-0.1, -0.05) is 0 Å². The molecular formula is C10H20N2. The lowest BCUT2D eigenvalue weighted by molar-refractivity contribution is 0.0942. The number of hydrogen-bond donors (Lipinski definition) is 1. The van der Waals surface area contributed by atoms with Crippen LogP contribution in [-0.2, 0) is 0 Å². The molecule has 1 N–H and O–H groups in total. The second-order valence-electron chi connectivity index (χ2n) is 5.60. The van der Waals surface area contributed by atoms with Gasteiger partial charge >= 0.3 is 0 Å². The Kier molecular flexibility index (Phi) is 1.59. The van der Waals surface area contributed by atoms with Gasteiger partial charge in [-0.25, -0.2) is 0 Å². The Morgan fingerprint density at radius 1 is 1.42 bits per heavy atom. The molecule has 0 radical (unpaired) electrons. The molecule has 2 aliphatic heterocycles. The molecule has 2 saturated heterocycles. The molecule has 2 atom stereocenters. The van der Waals surface area contributed by atoms with Crippen LogP contribution in [0.4, 0.5) is 0 Å². The van der Waals surface area contributed by atoms with E-state index in [9.17, 15) is 0 Å². The van der Waals surface area contributed by atoms with Crippen LogP contribution < -0.4 is 5.32 Å². The summed E-state index contributed by atoms with van der Waals surface area (Å²) in [7, 11) is 0. The molecule has 2 rings (SSSR count). The highest BCUT2D eigenvalue weighted by atomic mass is 15.3. The molecule has 2 aliphatic rings. The first-order valence-electron chi connectivity index (χ1n) is 4.93. The molecule has 0 aromatic carbocycles. The summed E-state index contributed by atoms with van der Waals surface area (Å²) in [6.07, 6.45) is 1.34. The van der Waals surface area contributed by atoms with Crippen LogP contribution >= 0.6 is 0 Å². The van der Waals surface area contributed by atoms with Gasteiger partial charge in [0.2, 0.25) is 0 Å². The third-order valence-electron chi connectivity index (χ3n) is 3.27. The van der Waals surface area contributed by atoms with Crippen molar-refractivity contribution in [3.05, 3.63) is 0 Å². The van der Waals surface area contributed by atoms with Crippen LogP contribution in [0.15, 0.2) is 0 Å². The van der Waals surface area contributed by atoms with Crippen LogP contribution in [0.25, 0.3) is 0 Å². The van der Waals surface area contributed by atoms with E-state index in [1.54, 1.807) is 0 Å². The average Bonchev–Trinajstić information content (AvgIpc) is 2.39. The van der Waals surface area contributed by atoms with Crippen LogP contribution in [0.1, 0.15) is 34.1 Å². The quantitative estimate of drug-likeness (QED) is 0.585. The maximum Gasteiger partial charge on any atom is 0.0296 e. The minimum Gasteiger partial charge on any atom is -0.309 e. The van der Waals surface area contributed by atoms with Gasteiger partial charge in [-0.3, -0.25) is 4.90 Å². The Hall–Kier alpha value is -0.0800. The average molecular weight is 168 g/mol. The standard InChI is InChI=1S/C10H20N2/c1-9(2,3)12-7-10(4)5-8(12)6-11-10/h8,11H,5-7H2,1-4H3/t8-,10-/m0/s1. The van der Waals surface area contributed by atoms with Crippen molar-refractivity contribution in [1.82, 2.24) is 10.2 Å². The molecule has 0 spiro atoms. The minimum absolute atomic E-state index is 0.352. The molecule has 0 aromatic rings. The summed E-state index contributed by atoms with van der Waals surface area (Å²) in [5.74, 6) is 0. The summed E-state index contributed by atoms with van der Waals surface area (Å²) in [5, 5.41) is 3.59. The molecule has 0 aromatic heterocycles. The lowest BCUT2D eigenvalue weighted by atomic mass is 10.0. The van der Waals surface area contributed by atoms with Crippen LogP contribution in [0.3, 0.4) is 0 Å². The second-order valence-corrected chi connectivity index (χ2v) is 5.60. The van der Waals surface area contributed by atoms with Gasteiger partial charge in [0.25, 0.3) is 0 Å². The van der Waals surface area contributed by atoms with E-state index in [0.717, 1.165) is 6.04 Å². The Balaban J connectivity index is 2.15. The Morgan fingerprint density at radius 2 is 2.08 bits per heavy atom. The van der Waals surface area contributed by atoms with E-state index < -0.39 is 0 Å². The molecule has 0 unspecified atom stereocenters. The number of fused-ring (bicyclic) bond motifs is 2. The molecule has 2 heterocycles. The summed E-state index contributed by atoms with van der Waals surface area (Å²) in [6, 6.07) is 0.787. The highest BCUT2D eigenvalue weighted by Crippen LogP contribution is 2.36. The predicted molar refractivity (Wildman–Crippen MR) is 51.3 cm³/mol. The van der Waals surface area contributed by atoms with Gasteiger partial charge in [-0.2, -0.15) is 0 Å². The maximum atomic E-state index is 3.59. The van der Waals surface area contributed by atoms with Gasteiger partial charge in [0.1, 0.15) is 0 Å². The van der Waals surface area contributed by atoms with Crippen molar-refractivity contribution >= 4 is 0 Å². The summed E-state index contributed by atoms with van der Waals surface area (Å²) in [6.45, 7) is 11.7. The van der Waals surface area contributed by atoms with Crippen molar-refractivity contribution in [2.45, 2.75) is 51.2 Å². The van der Waals surface area contributed by atoms with Gasteiger partial charge < -0.3 is 5.32 Å². The molecule has 2 nitrogen and oxygen atoms in total. The highest BCUT2D eigenvalue weighted by Gasteiger charge is 2.49.